The average Bonchev–Trinajstić information content (AvgIpc) is 2.70. The molecule has 2 N–H and O–H groups in total. The van der Waals surface area contributed by atoms with E-state index in [2.05, 4.69) is 0 Å². The van der Waals surface area contributed by atoms with Gasteiger partial charge in [0, 0.05) is 33.8 Å². The van der Waals surface area contributed by atoms with Crippen LogP contribution in [-0.2, 0) is 42.9 Å². The number of ether oxygens (including phenoxy) is 6. The van der Waals surface area contributed by atoms with Crippen LogP contribution in [-0.4, -0.2) is 66.4 Å². The number of carbonyl (C=O) groups excluding carboxylic acids is 4. The van der Waals surface area contributed by atoms with Crippen molar-refractivity contribution in [3.8, 4) is 5.75 Å². The Hall–Kier alpha value is -3.26. The van der Waals surface area contributed by atoms with E-state index in [1.165, 1.54) is 24.3 Å². The summed E-state index contributed by atoms with van der Waals surface area (Å²) in [5.74, 6) is -3.18. The van der Waals surface area contributed by atoms with Gasteiger partial charge in [0.05, 0.1) is 0 Å². The van der Waals surface area contributed by atoms with Crippen molar-refractivity contribution in [1.82, 2.24) is 0 Å². The molecule has 0 saturated carbocycles. The molecule has 1 unspecified atom stereocenters. The zero-order valence-corrected chi connectivity index (χ0v) is 18.3. The SMILES string of the molecule is CC(=O)OC[C@@H]1O[C@@H](Oc2ccccc2[NH+]([O-])O)[C@H](OC(C)=O)[C@@H](OC(C)=O)[C@@H]1OC(C)=O. The van der Waals surface area contributed by atoms with Gasteiger partial charge in [-0.15, -0.1) is 0 Å². The topological polar surface area (TPSA) is 171 Å². The minimum absolute atomic E-state index is 0.133. The van der Waals surface area contributed by atoms with Gasteiger partial charge in [0.2, 0.25) is 18.1 Å². The summed E-state index contributed by atoms with van der Waals surface area (Å²) in [5.41, 5.74) is -0.217. The summed E-state index contributed by atoms with van der Waals surface area (Å²) in [4.78, 5) is 46.7. The largest absolute Gasteiger partial charge is 0.595 e. The lowest BCUT2D eigenvalue weighted by molar-refractivity contribution is -0.991. The van der Waals surface area contributed by atoms with E-state index in [-0.39, 0.29) is 11.4 Å². The first kappa shape index (κ1) is 26.0. The van der Waals surface area contributed by atoms with Gasteiger partial charge in [-0.1, -0.05) is 12.1 Å². The molecule has 0 aliphatic carbocycles. The smallest absolute Gasteiger partial charge is 0.303 e. The van der Waals surface area contributed by atoms with Crippen LogP contribution in [0.25, 0.3) is 0 Å². The predicted octanol–water partition coefficient (Wildman–Crippen LogP) is -0.448. The van der Waals surface area contributed by atoms with Crippen molar-refractivity contribution in [2.45, 2.75) is 58.4 Å². The zero-order chi connectivity index (χ0) is 24.7. The molecule has 0 radical (unpaired) electrons. The van der Waals surface area contributed by atoms with Crippen LogP contribution in [0, 0.1) is 5.21 Å². The third-order valence-corrected chi connectivity index (χ3v) is 4.31. The minimum Gasteiger partial charge on any atom is -0.595 e. The molecule has 0 amide bonds. The monoisotopic (exact) mass is 471 g/mol. The van der Waals surface area contributed by atoms with E-state index < -0.39 is 66.4 Å². The van der Waals surface area contributed by atoms with Crippen molar-refractivity contribution >= 4 is 29.6 Å². The number of para-hydroxylation sites is 2. The van der Waals surface area contributed by atoms with Crippen molar-refractivity contribution in [2.24, 2.45) is 0 Å². The lowest BCUT2D eigenvalue weighted by Gasteiger charge is -2.43. The summed E-state index contributed by atoms with van der Waals surface area (Å²) >= 11 is 0. The first-order valence-electron chi connectivity index (χ1n) is 9.79. The van der Waals surface area contributed by atoms with E-state index >= 15 is 0 Å². The Kier molecular flexibility index (Phi) is 9.11. The van der Waals surface area contributed by atoms with E-state index in [1.54, 1.807) is 0 Å². The molecule has 13 heteroatoms. The van der Waals surface area contributed by atoms with Crippen LogP contribution in [0.3, 0.4) is 0 Å². The van der Waals surface area contributed by atoms with Crippen LogP contribution >= 0.6 is 0 Å². The molecule has 1 aromatic rings. The van der Waals surface area contributed by atoms with Gasteiger partial charge < -0.3 is 33.6 Å². The molecule has 0 bridgehead atoms. The maximum Gasteiger partial charge on any atom is 0.303 e. The van der Waals surface area contributed by atoms with E-state index in [0.717, 1.165) is 27.7 Å². The van der Waals surface area contributed by atoms with Gasteiger partial charge in [-0.2, -0.15) is 5.23 Å². The number of hydrogen-bond donors (Lipinski definition) is 2. The van der Waals surface area contributed by atoms with Gasteiger partial charge in [0.25, 0.3) is 0 Å². The van der Waals surface area contributed by atoms with Gasteiger partial charge in [0.1, 0.15) is 12.7 Å². The molecule has 0 aromatic heterocycles. The summed E-state index contributed by atoms with van der Waals surface area (Å²) in [5, 5.41) is 19.7. The fourth-order valence-corrected chi connectivity index (χ4v) is 3.15. The lowest BCUT2D eigenvalue weighted by atomic mass is 9.98. The Morgan fingerprint density at radius 3 is 2.00 bits per heavy atom. The number of rotatable bonds is 8. The summed E-state index contributed by atoms with van der Waals surface area (Å²) in [6, 6.07) is 5.61. The fraction of sp³-hybridized carbons (Fsp3) is 0.500. The summed E-state index contributed by atoms with van der Waals surface area (Å²) in [7, 11) is 0. The van der Waals surface area contributed by atoms with Crippen molar-refractivity contribution in [1.29, 1.82) is 0 Å². The zero-order valence-electron chi connectivity index (χ0n) is 18.3. The first-order chi connectivity index (χ1) is 15.5. The molecular formula is C20H25NO12. The first-order valence-corrected chi connectivity index (χ1v) is 9.79. The highest BCUT2D eigenvalue weighted by Gasteiger charge is 2.53. The lowest BCUT2D eigenvalue weighted by Crippen LogP contribution is -2.99. The van der Waals surface area contributed by atoms with E-state index in [9.17, 15) is 29.6 Å². The number of quaternary nitrogens is 1. The normalized spacial score (nSPS) is 25.3. The highest BCUT2D eigenvalue weighted by Crippen LogP contribution is 2.32. The number of nitrogens with one attached hydrogen (secondary N) is 1. The molecule has 182 valence electrons. The van der Waals surface area contributed by atoms with Gasteiger partial charge in [-0.3, -0.25) is 19.2 Å². The molecular weight excluding hydrogens is 446 g/mol. The number of hydrogen-bond acceptors (Lipinski definition) is 12. The van der Waals surface area contributed by atoms with Gasteiger partial charge in [-0.25, -0.2) is 5.21 Å². The van der Waals surface area contributed by atoms with Crippen LogP contribution < -0.4 is 9.96 Å². The molecule has 0 spiro atoms. The third kappa shape index (κ3) is 7.39. The molecule has 13 nitrogen and oxygen atoms in total. The Labute approximate surface area is 188 Å². The van der Waals surface area contributed by atoms with Gasteiger partial charge >= 0.3 is 23.9 Å². The van der Waals surface area contributed by atoms with Gasteiger partial charge in [0.15, 0.2) is 18.0 Å². The maximum absolute atomic E-state index is 11.8. The fourth-order valence-electron chi connectivity index (χ4n) is 3.15. The van der Waals surface area contributed by atoms with E-state index in [0.29, 0.717) is 0 Å². The average molecular weight is 471 g/mol. The second-order valence-electron chi connectivity index (χ2n) is 6.99. The van der Waals surface area contributed by atoms with E-state index in [4.69, 9.17) is 28.4 Å². The van der Waals surface area contributed by atoms with Crippen molar-refractivity contribution in [3.05, 3.63) is 29.5 Å². The Balaban J connectivity index is 2.50. The molecule has 1 aliphatic rings. The van der Waals surface area contributed by atoms with Crippen LogP contribution in [0.4, 0.5) is 5.69 Å². The molecule has 1 heterocycles. The second kappa shape index (κ2) is 11.6. The molecule has 2 rings (SSSR count). The van der Waals surface area contributed by atoms with Gasteiger partial charge in [-0.05, 0) is 6.07 Å². The Bertz CT molecular complexity index is 872. The predicted molar refractivity (Wildman–Crippen MR) is 105 cm³/mol. The molecule has 1 saturated heterocycles. The number of carbonyl (C=O) groups is 4. The summed E-state index contributed by atoms with van der Waals surface area (Å²) < 4.78 is 32.3. The quantitative estimate of drug-likeness (QED) is 0.285. The summed E-state index contributed by atoms with van der Waals surface area (Å²) in [6.45, 7) is 3.98. The van der Waals surface area contributed by atoms with Crippen LogP contribution in [0.5, 0.6) is 5.75 Å². The van der Waals surface area contributed by atoms with Crippen LogP contribution in [0.2, 0.25) is 0 Å². The van der Waals surface area contributed by atoms with Crippen LogP contribution in [0.1, 0.15) is 27.7 Å². The Morgan fingerprint density at radius 1 is 0.909 bits per heavy atom. The van der Waals surface area contributed by atoms with Crippen molar-refractivity contribution in [2.75, 3.05) is 6.61 Å². The van der Waals surface area contributed by atoms with Crippen molar-refractivity contribution in [3.63, 3.8) is 0 Å². The number of benzene rings is 1. The standard InChI is InChI=1S/C20H25NO12/c1-10(22)28-9-16-17(29-11(2)23)18(30-12(3)24)19(31-13(4)25)20(33-16)32-15-8-6-5-7-14(15)21(26)27/h5-8,16-21,26H,9H2,1-4H3/t16-,17+,18-,19+,20+/m0/s1. The minimum atomic E-state index is -1.52. The summed E-state index contributed by atoms with van der Waals surface area (Å²) in [6.07, 6.45) is -6.97. The Morgan fingerprint density at radius 2 is 1.45 bits per heavy atom. The molecule has 1 fully saturated rings. The molecule has 33 heavy (non-hydrogen) atoms. The van der Waals surface area contributed by atoms with E-state index in [1.807, 2.05) is 0 Å². The van der Waals surface area contributed by atoms with Crippen molar-refractivity contribution < 1.29 is 58.0 Å². The highest BCUT2D eigenvalue weighted by molar-refractivity contribution is 5.68. The molecule has 6 atom stereocenters. The van der Waals surface area contributed by atoms with Crippen LogP contribution in [0.15, 0.2) is 24.3 Å². The molecule has 1 aromatic carbocycles. The maximum atomic E-state index is 11.8. The number of esters is 4. The highest BCUT2D eigenvalue weighted by atomic mass is 16.8. The third-order valence-electron chi connectivity index (χ3n) is 4.31. The molecule has 1 aliphatic heterocycles. The second-order valence-corrected chi connectivity index (χ2v) is 6.99.